The first-order chi connectivity index (χ1) is 6.49. The lowest BCUT2D eigenvalue weighted by Crippen LogP contribution is -2.44. The van der Waals surface area contributed by atoms with Crippen LogP contribution in [0, 0.1) is 5.92 Å². The van der Waals surface area contributed by atoms with E-state index in [1.54, 1.807) is 0 Å². The lowest BCUT2D eigenvalue weighted by Gasteiger charge is -2.19. The van der Waals surface area contributed by atoms with Crippen molar-refractivity contribution >= 4 is 11.9 Å². The third kappa shape index (κ3) is 4.84. The number of carbonyl (C=O) groups excluding carboxylic acids is 2. The number of nitrogens with one attached hydrogen (secondary N) is 1. The molecule has 1 N–H and O–H groups in total. The molecule has 0 heterocycles. The summed E-state index contributed by atoms with van der Waals surface area (Å²) in [6, 6.07) is -0.529. The van der Waals surface area contributed by atoms with Crippen LogP contribution in [0.3, 0.4) is 0 Å². The van der Waals surface area contributed by atoms with Gasteiger partial charge < -0.3 is 10.1 Å². The Morgan fingerprint density at radius 3 is 2.29 bits per heavy atom. The molecule has 1 atom stereocenters. The van der Waals surface area contributed by atoms with Crippen molar-refractivity contribution in [1.29, 1.82) is 0 Å². The van der Waals surface area contributed by atoms with E-state index >= 15 is 0 Å². The number of amides is 1. The molecule has 0 radical (unpaired) electrons. The fourth-order valence-electron chi connectivity index (χ4n) is 1.01. The predicted molar refractivity (Wildman–Crippen MR) is 53.7 cm³/mol. The minimum atomic E-state index is -0.529. The van der Waals surface area contributed by atoms with Crippen LogP contribution >= 0.6 is 0 Å². The zero-order chi connectivity index (χ0) is 11.1. The van der Waals surface area contributed by atoms with Gasteiger partial charge in [-0.05, 0) is 12.3 Å². The van der Waals surface area contributed by atoms with Crippen LogP contribution in [0.2, 0.25) is 0 Å². The zero-order valence-electron chi connectivity index (χ0n) is 9.29. The van der Waals surface area contributed by atoms with Gasteiger partial charge in [-0.25, -0.2) is 4.79 Å². The Morgan fingerprint density at radius 1 is 1.36 bits per heavy atom. The molecule has 0 aromatic heterocycles. The highest BCUT2D eigenvalue weighted by atomic mass is 16.5. The lowest BCUT2D eigenvalue weighted by molar-refractivity contribution is -0.149. The fourth-order valence-corrected chi connectivity index (χ4v) is 1.01. The molecule has 82 valence electrons. The smallest absolute Gasteiger partial charge is 0.328 e. The number of carbonyl (C=O) groups is 2. The van der Waals surface area contributed by atoms with Crippen molar-refractivity contribution < 1.29 is 14.3 Å². The SMILES string of the molecule is CCCOC(=O)[C@@H](NC(C)=O)C(C)C. The fraction of sp³-hybridized carbons (Fsp3) is 0.800. The summed E-state index contributed by atoms with van der Waals surface area (Å²) in [6.07, 6.45) is 0.788. The van der Waals surface area contributed by atoms with E-state index in [4.69, 9.17) is 4.74 Å². The van der Waals surface area contributed by atoms with Crippen molar-refractivity contribution in [1.82, 2.24) is 5.32 Å². The van der Waals surface area contributed by atoms with Crippen molar-refractivity contribution in [2.24, 2.45) is 5.92 Å². The van der Waals surface area contributed by atoms with Gasteiger partial charge in [-0.3, -0.25) is 4.79 Å². The minimum Gasteiger partial charge on any atom is -0.464 e. The lowest BCUT2D eigenvalue weighted by atomic mass is 10.0. The van der Waals surface area contributed by atoms with Crippen molar-refractivity contribution in [2.45, 2.75) is 40.2 Å². The van der Waals surface area contributed by atoms with Crippen LogP contribution in [-0.2, 0) is 14.3 Å². The molecule has 0 aliphatic carbocycles. The summed E-state index contributed by atoms with van der Waals surface area (Å²) in [5, 5.41) is 2.57. The normalized spacial score (nSPS) is 12.4. The second kappa shape index (κ2) is 6.40. The third-order valence-corrected chi connectivity index (χ3v) is 1.73. The maximum Gasteiger partial charge on any atom is 0.328 e. The molecule has 1 amide bonds. The summed E-state index contributed by atoms with van der Waals surface area (Å²) in [5.74, 6) is -0.516. The average molecular weight is 201 g/mol. The van der Waals surface area contributed by atoms with Gasteiger partial charge in [0.25, 0.3) is 0 Å². The van der Waals surface area contributed by atoms with Gasteiger partial charge in [-0.15, -0.1) is 0 Å². The highest BCUT2D eigenvalue weighted by Crippen LogP contribution is 2.04. The largest absolute Gasteiger partial charge is 0.464 e. The summed E-state index contributed by atoms with van der Waals surface area (Å²) >= 11 is 0. The van der Waals surface area contributed by atoms with Gasteiger partial charge in [-0.2, -0.15) is 0 Å². The van der Waals surface area contributed by atoms with E-state index in [-0.39, 0.29) is 17.8 Å². The quantitative estimate of drug-likeness (QED) is 0.678. The molecular formula is C10H19NO3. The Morgan fingerprint density at radius 2 is 1.93 bits per heavy atom. The Balaban J connectivity index is 4.19. The highest BCUT2D eigenvalue weighted by Gasteiger charge is 2.23. The van der Waals surface area contributed by atoms with Crippen molar-refractivity contribution in [3.63, 3.8) is 0 Å². The van der Waals surface area contributed by atoms with Crippen molar-refractivity contribution in [3.05, 3.63) is 0 Å². The van der Waals surface area contributed by atoms with E-state index in [1.807, 2.05) is 20.8 Å². The van der Waals surface area contributed by atoms with Crippen LogP contribution in [0.1, 0.15) is 34.1 Å². The van der Waals surface area contributed by atoms with E-state index in [2.05, 4.69) is 5.32 Å². The molecule has 0 aliphatic heterocycles. The molecule has 0 aromatic rings. The van der Waals surface area contributed by atoms with Crippen LogP contribution in [0.5, 0.6) is 0 Å². The molecule has 0 unspecified atom stereocenters. The molecule has 4 nitrogen and oxygen atoms in total. The second-order valence-corrected chi connectivity index (χ2v) is 3.59. The molecule has 0 spiro atoms. The van der Waals surface area contributed by atoms with Crippen molar-refractivity contribution in [2.75, 3.05) is 6.61 Å². The Kier molecular flexibility index (Phi) is 5.92. The maximum absolute atomic E-state index is 11.4. The van der Waals surface area contributed by atoms with E-state index in [1.165, 1.54) is 6.92 Å². The summed E-state index contributed by atoms with van der Waals surface area (Å²) in [7, 11) is 0. The van der Waals surface area contributed by atoms with E-state index < -0.39 is 6.04 Å². The number of hydrogen-bond donors (Lipinski definition) is 1. The number of hydrogen-bond acceptors (Lipinski definition) is 3. The minimum absolute atomic E-state index is 0.0447. The van der Waals surface area contributed by atoms with Crippen molar-refractivity contribution in [3.8, 4) is 0 Å². The predicted octanol–water partition coefficient (Wildman–Crippen LogP) is 1.10. The molecule has 0 bridgehead atoms. The molecular weight excluding hydrogens is 182 g/mol. The van der Waals surface area contributed by atoms with Gasteiger partial charge in [0.1, 0.15) is 6.04 Å². The molecule has 0 rings (SSSR count). The Labute approximate surface area is 85.0 Å². The first-order valence-electron chi connectivity index (χ1n) is 4.92. The van der Waals surface area contributed by atoms with Gasteiger partial charge in [-0.1, -0.05) is 20.8 Å². The standard InChI is InChI=1S/C10H19NO3/c1-5-6-14-10(13)9(7(2)3)11-8(4)12/h7,9H,5-6H2,1-4H3,(H,11,12)/t9-/m0/s1. The topological polar surface area (TPSA) is 55.4 Å². The molecule has 0 aromatic carbocycles. The van der Waals surface area contributed by atoms with E-state index in [9.17, 15) is 9.59 Å². The van der Waals surface area contributed by atoms with E-state index in [0.717, 1.165) is 6.42 Å². The maximum atomic E-state index is 11.4. The van der Waals surface area contributed by atoms with Crippen LogP contribution in [0.4, 0.5) is 0 Å². The Bertz CT molecular complexity index is 202. The van der Waals surface area contributed by atoms with Gasteiger partial charge in [0, 0.05) is 6.92 Å². The van der Waals surface area contributed by atoms with Crippen LogP contribution < -0.4 is 5.32 Å². The number of ether oxygens (including phenoxy) is 1. The van der Waals surface area contributed by atoms with Crippen LogP contribution in [0.25, 0.3) is 0 Å². The summed E-state index contributed by atoms with van der Waals surface area (Å²) in [5.41, 5.74) is 0. The summed E-state index contributed by atoms with van der Waals surface area (Å²) in [4.78, 5) is 22.3. The molecule has 0 aliphatic rings. The second-order valence-electron chi connectivity index (χ2n) is 3.59. The summed E-state index contributed by atoms with van der Waals surface area (Å²) in [6.45, 7) is 7.46. The van der Waals surface area contributed by atoms with Gasteiger partial charge in [0.2, 0.25) is 5.91 Å². The van der Waals surface area contributed by atoms with Gasteiger partial charge >= 0.3 is 5.97 Å². The highest BCUT2D eigenvalue weighted by molar-refractivity contribution is 5.83. The van der Waals surface area contributed by atoms with Gasteiger partial charge in [0.05, 0.1) is 6.61 Å². The molecule has 0 saturated carbocycles. The average Bonchev–Trinajstić information content (AvgIpc) is 2.09. The summed E-state index contributed by atoms with van der Waals surface area (Å²) < 4.78 is 4.96. The molecule has 14 heavy (non-hydrogen) atoms. The van der Waals surface area contributed by atoms with Crippen LogP contribution in [0.15, 0.2) is 0 Å². The molecule has 0 saturated heterocycles. The molecule has 0 fully saturated rings. The van der Waals surface area contributed by atoms with Gasteiger partial charge in [0.15, 0.2) is 0 Å². The zero-order valence-corrected chi connectivity index (χ0v) is 9.29. The first-order valence-corrected chi connectivity index (χ1v) is 4.92. The van der Waals surface area contributed by atoms with Crippen LogP contribution in [-0.4, -0.2) is 24.5 Å². The monoisotopic (exact) mass is 201 g/mol. The number of esters is 1. The Hall–Kier alpha value is -1.06. The third-order valence-electron chi connectivity index (χ3n) is 1.73. The first kappa shape index (κ1) is 12.9. The molecule has 4 heteroatoms. The number of rotatable bonds is 5. The van der Waals surface area contributed by atoms with E-state index in [0.29, 0.717) is 6.61 Å².